The van der Waals surface area contributed by atoms with E-state index in [0.29, 0.717) is 6.04 Å². The molecule has 0 N–H and O–H groups in total. The van der Waals surface area contributed by atoms with Crippen LogP contribution in [0.1, 0.15) is 41.0 Å². The first-order valence-electron chi connectivity index (χ1n) is 9.89. The fourth-order valence-electron chi connectivity index (χ4n) is 3.89. The lowest BCUT2D eigenvalue weighted by Gasteiger charge is -2.18. The minimum absolute atomic E-state index is 0.0939. The molecule has 29 heavy (non-hydrogen) atoms. The molecule has 0 aliphatic carbocycles. The number of nitrogens with zero attached hydrogens (tertiary/aromatic N) is 2. The van der Waals surface area contributed by atoms with Gasteiger partial charge in [-0.2, -0.15) is 0 Å². The second-order valence-electron chi connectivity index (χ2n) is 7.21. The van der Waals surface area contributed by atoms with Gasteiger partial charge >= 0.3 is 0 Å². The number of rotatable bonds is 7. The Bertz CT molecular complexity index is 1120. The zero-order valence-corrected chi connectivity index (χ0v) is 17.5. The molecule has 2 aromatic carbocycles. The number of hydrogen-bond donors (Lipinski definition) is 0. The van der Waals surface area contributed by atoms with Crippen molar-refractivity contribution in [1.29, 1.82) is 0 Å². The average Bonchev–Trinajstić information content (AvgIpc) is 3.06. The van der Waals surface area contributed by atoms with E-state index in [9.17, 15) is 4.79 Å². The fraction of sp³-hybridized carbons (Fsp3) is 0.200. The number of hydrogen-bond acceptors (Lipinski definition) is 3. The summed E-state index contributed by atoms with van der Waals surface area (Å²) in [7, 11) is 0. The van der Waals surface area contributed by atoms with E-state index in [4.69, 9.17) is 0 Å². The Hall–Kier alpha value is -2.85. The maximum absolute atomic E-state index is 13.3. The lowest BCUT2D eigenvalue weighted by Crippen LogP contribution is -2.10. The highest BCUT2D eigenvalue weighted by atomic mass is 32.2. The molecule has 3 nitrogen and oxygen atoms in total. The zero-order valence-electron chi connectivity index (χ0n) is 16.7. The number of ketones is 1. The van der Waals surface area contributed by atoms with Gasteiger partial charge in [0.15, 0.2) is 5.78 Å². The second-order valence-corrected chi connectivity index (χ2v) is 8.38. The van der Waals surface area contributed by atoms with Crippen molar-refractivity contribution in [2.75, 3.05) is 5.75 Å². The van der Waals surface area contributed by atoms with Crippen LogP contribution in [0.15, 0.2) is 84.0 Å². The van der Waals surface area contributed by atoms with E-state index in [1.54, 1.807) is 0 Å². The largest absolute Gasteiger partial charge is 0.341 e. The molecule has 0 radical (unpaired) electrons. The SMILES string of the molecule is Cc1c(C(=O)c2ccccc2)c2ccccc2n1C(C)CCSc1ccncc1. The van der Waals surface area contributed by atoms with E-state index in [-0.39, 0.29) is 5.78 Å². The van der Waals surface area contributed by atoms with Crippen LogP contribution >= 0.6 is 11.8 Å². The van der Waals surface area contributed by atoms with Crippen molar-refractivity contribution < 1.29 is 4.79 Å². The molecular weight excluding hydrogens is 376 g/mol. The molecule has 0 spiro atoms. The highest BCUT2D eigenvalue weighted by Crippen LogP contribution is 2.32. The standard InChI is InChI=1S/C25H24N2OS/c1-18(14-17-29-21-12-15-26-16-13-21)27-19(2)24(22-10-6-7-11-23(22)27)25(28)20-8-4-3-5-9-20/h3-13,15-16,18H,14,17H2,1-2H3. The van der Waals surface area contributed by atoms with E-state index < -0.39 is 0 Å². The van der Waals surface area contributed by atoms with Gasteiger partial charge in [-0.1, -0.05) is 48.5 Å². The normalized spacial score (nSPS) is 12.2. The van der Waals surface area contributed by atoms with Crippen LogP contribution in [0.2, 0.25) is 0 Å². The molecule has 0 fully saturated rings. The summed E-state index contributed by atoms with van der Waals surface area (Å²) in [5.74, 6) is 1.11. The van der Waals surface area contributed by atoms with Crippen LogP contribution in [0.25, 0.3) is 10.9 Å². The van der Waals surface area contributed by atoms with Crippen LogP contribution in [0.4, 0.5) is 0 Å². The van der Waals surface area contributed by atoms with E-state index in [1.165, 1.54) is 4.90 Å². The van der Waals surface area contributed by atoms with Crippen LogP contribution < -0.4 is 0 Å². The number of pyridine rings is 1. The Labute approximate surface area is 175 Å². The smallest absolute Gasteiger partial charge is 0.195 e. The number of para-hydroxylation sites is 1. The van der Waals surface area contributed by atoms with Crippen molar-refractivity contribution >= 4 is 28.4 Å². The maximum Gasteiger partial charge on any atom is 0.195 e. The average molecular weight is 401 g/mol. The first kappa shape index (κ1) is 19.5. The minimum atomic E-state index is 0.0939. The number of aromatic nitrogens is 2. The lowest BCUT2D eigenvalue weighted by atomic mass is 10.0. The summed E-state index contributed by atoms with van der Waals surface area (Å²) in [6.07, 6.45) is 4.68. The van der Waals surface area contributed by atoms with Crippen molar-refractivity contribution in [2.45, 2.75) is 31.2 Å². The topological polar surface area (TPSA) is 34.9 Å². The van der Waals surface area contributed by atoms with Crippen molar-refractivity contribution in [2.24, 2.45) is 0 Å². The van der Waals surface area contributed by atoms with Crippen LogP contribution in [0.5, 0.6) is 0 Å². The first-order valence-corrected chi connectivity index (χ1v) is 10.9. The third-order valence-corrected chi connectivity index (χ3v) is 6.36. The predicted octanol–water partition coefficient (Wildman–Crippen LogP) is 6.32. The van der Waals surface area contributed by atoms with Crippen LogP contribution in [-0.4, -0.2) is 21.1 Å². The van der Waals surface area contributed by atoms with E-state index in [2.05, 4.69) is 35.5 Å². The quantitative estimate of drug-likeness (QED) is 0.269. The molecule has 0 aliphatic rings. The second kappa shape index (κ2) is 8.66. The lowest BCUT2D eigenvalue weighted by molar-refractivity contribution is 0.103. The Kier molecular flexibility index (Phi) is 5.81. The monoisotopic (exact) mass is 400 g/mol. The Morgan fingerprint density at radius 2 is 1.69 bits per heavy atom. The number of thioether (sulfide) groups is 1. The Morgan fingerprint density at radius 1 is 1.00 bits per heavy atom. The molecule has 2 heterocycles. The van der Waals surface area contributed by atoms with Gasteiger partial charge in [-0.25, -0.2) is 0 Å². The van der Waals surface area contributed by atoms with Crippen LogP contribution in [0.3, 0.4) is 0 Å². The van der Waals surface area contributed by atoms with Gasteiger partial charge in [0.25, 0.3) is 0 Å². The van der Waals surface area contributed by atoms with Gasteiger partial charge in [-0.15, -0.1) is 11.8 Å². The third-order valence-electron chi connectivity index (χ3n) is 5.31. The predicted molar refractivity (Wildman–Crippen MR) is 121 cm³/mol. The maximum atomic E-state index is 13.3. The van der Waals surface area contributed by atoms with Crippen molar-refractivity contribution in [1.82, 2.24) is 9.55 Å². The van der Waals surface area contributed by atoms with Crippen molar-refractivity contribution in [3.63, 3.8) is 0 Å². The van der Waals surface area contributed by atoms with E-state index >= 15 is 0 Å². The summed E-state index contributed by atoms with van der Waals surface area (Å²) in [6.45, 7) is 4.31. The molecule has 4 rings (SSSR count). The Morgan fingerprint density at radius 3 is 2.45 bits per heavy atom. The molecule has 2 aromatic heterocycles. The van der Waals surface area contributed by atoms with Gasteiger partial charge < -0.3 is 4.57 Å². The molecular formula is C25H24N2OS. The molecule has 0 bridgehead atoms. The summed E-state index contributed by atoms with van der Waals surface area (Å²) in [4.78, 5) is 18.6. The van der Waals surface area contributed by atoms with Gasteiger partial charge in [-0.3, -0.25) is 9.78 Å². The molecule has 0 amide bonds. The number of carbonyl (C=O) groups excluding carboxylic acids is 1. The van der Waals surface area contributed by atoms with E-state index in [0.717, 1.165) is 39.9 Å². The molecule has 0 saturated carbocycles. The molecule has 146 valence electrons. The molecule has 0 saturated heterocycles. The van der Waals surface area contributed by atoms with Gasteiger partial charge in [-0.05, 0) is 44.2 Å². The van der Waals surface area contributed by atoms with Crippen molar-refractivity contribution in [3.05, 3.63) is 95.9 Å². The fourth-order valence-corrected chi connectivity index (χ4v) is 4.90. The molecule has 0 aliphatic heterocycles. The number of carbonyl (C=O) groups is 1. The highest BCUT2D eigenvalue weighted by molar-refractivity contribution is 7.99. The molecule has 1 unspecified atom stereocenters. The van der Waals surface area contributed by atoms with Crippen molar-refractivity contribution in [3.8, 4) is 0 Å². The zero-order chi connectivity index (χ0) is 20.2. The Balaban J connectivity index is 1.64. The summed E-state index contributed by atoms with van der Waals surface area (Å²) >= 11 is 1.84. The number of benzene rings is 2. The number of fused-ring (bicyclic) bond motifs is 1. The van der Waals surface area contributed by atoms with Crippen LogP contribution in [-0.2, 0) is 0 Å². The van der Waals surface area contributed by atoms with E-state index in [1.807, 2.05) is 78.8 Å². The summed E-state index contributed by atoms with van der Waals surface area (Å²) < 4.78 is 2.33. The van der Waals surface area contributed by atoms with Gasteiger partial charge in [0.2, 0.25) is 0 Å². The molecule has 4 heteroatoms. The van der Waals surface area contributed by atoms with Gasteiger partial charge in [0.1, 0.15) is 0 Å². The van der Waals surface area contributed by atoms with Crippen LogP contribution in [0, 0.1) is 6.92 Å². The third kappa shape index (κ3) is 3.99. The molecule has 4 aromatic rings. The minimum Gasteiger partial charge on any atom is -0.341 e. The summed E-state index contributed by atoms with van der Waals surface area (Å²) in [5.41, 5.74) is 3.73. The summed E-state index contributed by atoms with van der Waals surface area (Å²) in [5, 5.41) is 1.03. The van der Waals surface area contributed by atoms with Gasteiger partial charge in [0.05, 0.1) is 5.56 Å². The molecule has 1 atom stereocenters. The first-order chi connectivity index (χ1) is 14.2. The van der Waals surface area contributed by atoms with Gasteiger partial charge in [0, 0.05) is 45.5 Å². The highest BCUT2D eigenvalue weighted by Gasteiger charge is 2.22. The summed E-state index contributed by atoms with van der Waals surface area (Å²) in [6, 6.07) is 22.2.